The molecule has 1 N–H and O–H groups in total. The average molecular weight is 312 g/mol. The monoisotopic (exact) mass is 312 g/mol. The summed E-state index contributed by atoms with van der Waals surface area (Å²) in [4.78, 5) is 23.5. The summed E-state index contributed by atoms with van der Waals surface area (Å²) in [6, 6.07) is 12.2. The van der Waals surface area contributed by atoms with Gasteiger partial charge in [-0.2, -0.15) is 5.26 Å². The van der Waals surface area contributed by atoms with E-state index >= 15 is 0 Å². The number of rotatable bonds is 4. The molecule has 0 spiro atoms. The first-order valence-electron chi connectivity index (χ1n) is 6.73. The van der Waals surface area contributed by atoms with E-state index in [1.54, 1.807) is 25.1 Å². The number of hydrogen-bond donors (Lipinski definition) is 1. The number of anilines is 1. The van der Waals surface area contributed by atoms with Crippen LogP contribution in [-0.4, -0.2) is 18.5 Å². The first kappa shape index (κ1) is 16.2. The fourth-order valence-corrected chi connectivity index (χ4v) is 1.80. The Hall–Kier alpha value is -3.20. The van der Waals surface area contributed by atoms with E-state index < -0.39 is 24.3 Å². The van der Waals surface area contributed by atoms with Crippen LogP contribution in [0.4, 0.5) is 10.1 Å². The second-order valence-corrected chi connectivity index (χ2v) is 4.78. The van der Waals surface area contributed by atoms with Gasteiger partial charge in [0.1, 0.15) is 5.82 Å². The molecule has 0 aromatic heterocycles. The summed E-state index contributed by atoms with van der Waals surface area (Å²) in [7, 11) is 0. The van der Waals surface area contributed by atoms with Gasteiger partial charge < -0.3 is 10.1 Å². The van der Waals surface area contributed by atoms with E-state index in [-0.39, 0.29) is 5.56 Å². The van der Waals surface area contributed by atoms with Gasteiger partial charge in [-0.1, -0.05) is 12.1 Å². The molecule has 2 rings (SSSR count). The normalized spacial score (nSPS) is 9.78. The lowest BCUT2D eigenvalue weighted by atomic mass is 10.1. The van der Waals surface area contributed by atoms with Crippen molar-refractivity contribution in [2.75, 3.05) is 11.9 Å². The summed E-state index contributed by atoms with van der Waals surface area (Å²) < 4.78 is 18.2. The lowest BCUT2D eigenvalue weighted by molar-refractivity contribution is -0.119. The van der Waals surface area contributed by atoms with Crippen LogP contribution in [0.25, 0.3) is 0 Å². The molecular weight excluding hydrogens is 299 g/mol. The number of esters is 1. The van der Waals surface area contributed by atoms with E-state index in [1.807, 2.05) is 6.07 Å². The summed E-state index contributed by atoms with van der Waals surface area (Å²) in [5, 5.41) is 11.3. The Balaban J connectivity index is 1.92. The van der Waals surface area contributed by atoms with E-state index in [1.165, 1.54) is 18.2 Å². The van der Waals surface area contributed by atoms with Crippen molar-refractivity contribution in [1.82, 2.24) is 0 Å². The van der Waals surface area contributed by atoms with Gasteiger partial charge in [0.2, 0.25) is 0 Å². The summed E-state index contributed by atoms with van der Waals surface area (Å²) in [6.07, 6.45) is 0. The number of amides is 1. The van der Waals surface area contributed by atoms with Gasteiger partial charge in [-0.3, -0.25) is 4.79 Å². The molecule has 0 atom stereocenters. The van der Waals surface area contributed by atoms with Gasteiger partial charge in [-0.05, 0) is 42.8 Å². The van der Waals surface area contributed by atoms with Crippen LogP contribution in [0.1, 0.15) is 21.5 Å². The molecule has 0 radical (unpaired) electrons. The molecule has 6 heteroatoms. The molecule has 0 saturated heterocycles. The molecule has 0 aliphatic rings. The minimum absolute atomic E-state index is 0.0346. The third-order valence-corrected chi connectivity index (χ3v) is 3.02. The summed E-state index contributed by atoms with van der Waals surface area (Å²) >= 11 is 0. The highest BCUT2D eigenvalue weighted by atomic mass is 19.1. The quantitative estimate of drug-likeness (QED) is 0.880. The molecule has 5 nitrogen and oxygen atoms in total. The standard InChI is InChI=1S/C17H13FN2O3/c1-11-5-6-13(8-15(11)18)17(22)23-10-16(21)20-14-4-2-3-12(7-14)9-19/h2-8H,10H2,1H3,(H,20,21). The molecule has 0 saturated carbocycles. The van der Waals surface area contributed by atoms with E-state index in [0.29, 0.717) is 16.8 Å². The summed E-state index contributed by atoms with van der Waals surface area (Å²) in [6.45, 7) is 1.07. The van der Waals surface area contributed by atoms with Crippen molar-refractivity contribution in [3.05, 3.63) is 65.0 Å². The molecule has 0 fully saturated rings. The summed E-state index contributed by atoms with van der Waals surface area (Å²) in [5.74, 6) is -1.86. The Labute approximate surface area is 132 Å². The van der Waals surface area contributed by atoms with Gasteiger partial charge in [0, 0.05) is 5.69 Å². The third-order valence-electron chi connectivity index (χ3n) is 3.02. The zero-order valence-electron chi connectivity index (χ0n) is 12.3. The summed E-state index contributed by atoms with van der Waals surface area (Å²) in [5.41, 5.74) is 1.27. The molecule has 0 aliphatic heterocycles. The fourth-order valence-electron chi connectivity index (χ4n) is 1.80. The Bertz CT molecular complexity index is 797. The van der Waals surface area contributed by atoms with Gasteiger partial charge in [-0.15, -0.1) is 0 Å². The number of halogens is 1. The smallest absolute Gasteiger partial charge is 0.338 e. The average Bonchev–Trinajstić information content (AvgIpc) is 2.55. The molecule has 116 valence electrons. The second-order valence-electron chi connectivity index (χ2n) is 4.78. The Morgan fingerprint density at radius 1 is 1.26 bits per heavy atom. The highest BCUT2D eigenvalue weighted by Gasteiger charge is 2.12. The molecule has 1 amide bonds. The number of carbonyl (C=O) groups is 2. The van der Waals surface area contributed by atoms with Crippen molar-refractivity contribution in [1.29, 1.82) is 5.26 Å². The van der Waals surface area contributed by atoms with Crippen LogP contribution in [0, 0.1) is 24.1 Å². The molecule has 0 unspecified atom stereocenters. The van der Waals surface area contributed by atoms with Crippen molar-refractivity contribution < 1.29 is 18.7 Å². The minimum Gasteiger partial charge on any atom is -0.452 e. The van der Waals surface area contributed by atoms with Crippen molar-refractivity contribution in [2.45, 2.75) is 6.92 Å². The van der Waals surface area contributed by atoms with Crippen molar-refractivity contribution >= 4 is 17.6 Å². The molecule has 2 aromatic carbocycles. The van der Waals surface area contributed by atoms with E-state index in [2.05, 4.69) is 5.32 Å². The number of hydrogen-bond acceptors (Lipinski definition) is 4. The maximum Gasteiger partial charge on any atom is 0.338 e. The maximum atomic E-state index is 13.4. The topological polar surface area (TPSA) is 79.2 Å². The minimum atomic E-state index is -0.787. The molecule has 0 bridgehead atoms. The molecular formula is C17H13FN2O3. The number of carbonyl (C=O) groups excluding carboxylic acids is 2. The van der Waals surface area contributed by atoms with Crippen LogP contribution in [0.3, 0.4) is 0 Å². The first-order valence-corrected chi connectivity index (χ1v) is 6.73. The number of nitrogens with zero attached hydrogens (tertiary/aromatic N) is 1. The predicted molar refractivity (Wildman–Crippen MR) is 81.2 cm³/mol. The zero-order valence-corrected chi connectivity index (χ0v) is 12.3. The van der Waals surface area contributed by atoms with Crippen LogP contribution >= 0.6 is 0 Å². The van der Waals surface area contributed by atoms with Crippen molar-refractivity contribution in [3.8, 4) is 6.07 Å². The highest BCUT2D eigenvalue weighted by Crippen LogP contribution is 2.11. The third kappa shape index (κ3) is 4.38. The van der Waals surface area contributed by atoms with E-state index in [9.17, 15) is 14.0 Å². The van der Waals surface area contributed by atoms with E-state index in [0.717, 1.165) is 6.07 Å². The zero-order chi connectivity index (χ0) is 16.8. The van der Waals surface area contributed by atoms with Crippen LogP contribution in [0.2, 0.25) is 0 Å². The van der Waals surface area contributed by atoms with Gasteiger partial charge in [0.15, 0.2) is 6.61 Å². The van der Waals surface area contributed by atoms with Crippen LogP contribution in [0.15, 0.2) is 42.5 Å². The molecule has 0 heterocycles. The lowest BCUT2D eigenvalue weighted by Gasteiger charge is -2.07. The molecule has 2 aromatic rings. The highest BCUT2D eigenvalue weighted by molar-refractivity contribution is 5.95. The Kier molecular flexibility index (Phi) is 5.05. The van der Waals surface area contributed by atoms with Crippen LogP contribution < -0.4 is 5.32 Å². The SMILES string of the molecule is Cc1ccc(C(=O)OCC(=O)Nc2cccc(C#N)c2)cc1F. The molecule has 0 aliphatic carbocycles. The van der Waals surface area contributed by atoms with Gasteiger partial charge in [0.25, 0.3) is 5.91 Å². The largest absolute Gasteiger partial charge is 0.452 e. The fraction of sp³-hybridized carbons (Fsp3) is 0.118. The van der Waals surface area contributed by atoms with Crippen molar-refractivity contribution in [2.24, 2.45) is 0 Å². The lowest BCUT2D eigenvalue weighted by Crippen LogP contribution is -2.21. The number of nitrogens with one attached hydrogen (secondary N) is 1. The van der Waals surface area contributed by atoms with Gasteiger partial charge >= 0.3 is 5.97 Å². The van der Waals surface area contributed by atoms with Crippen LogP contribution in [-0.2, 0) is 9.53 Å². The van der Waals surface area contributed by atoms with Crippen LogP contribution in [0.5, 0.6) is 0 Å². The maximum absolute atomic E-state index is 13.4. The van der Waals surface area contributed by atoms with Crippen molar-refractivity contribution in [3.63, 3.8) is 0 Å². The number of nitriles is 1. The Morgan fingerprint density at radius 3 is 2.74 bits per heavy atom. The number of aryl methyl sites for hydroxylation is 1. The number of ether oxygens (including phenoxy) is 1. The predicted octanol–water partition coefficient (Wildman–Crippen LogP) is 2.80. The van der Waals surface area contributed by atoms with Gasteiger partial charge in [0.05, 0.1) is 17.2 Å². The number of benzene rings is 2. The Morgan fingerprint density at radius 2 is 2.04 bits per heavy atom. The van der Waals surface area contributed by atoms with E-state index in [4.69, 9.17) is 10.00 Å². The molecule has 23 heavy (non-hydrogen) atoms. The second kappa shape index (κ2) is 7.18. The van der Waals surface area contributed by atoms with Gasteiger partial charge in [-0.25, -0.2) is 9.18 Å². The first-order chi connectivity index (χ1) is 11.0.